The number of sulfonamides is 1. The number of nitrogens with one attached hydrogen (secondary N) is 1. The molecule has 0 spiro atoms. The minimum Gasteiger partial charge on any atom is -0.481 e. The van der Waals surface area contributed by atoms with E-state index in [2.05, 4.69) is 20.7 Å². The molecule has 2 unspecified atom stereocenters. The van der Waals surface area contributed by atoms with Gasteiger partial charge in [-0.15, -0.1) is 0 Å². The van der Waals surface area contributed by atoms with E-state index in [-0.39, 0.29) is 16.0 Å². The van der Waals surface area contributed by atoms with Crippen LogP contribution in [0.5, 0.6) is 0 Å². The van der Waals surface area contributed by atoms with Gasteiger partial charge in [-0.25, -0.2) is 13.1 Å². The number of carbonyl (C=O) groups is 1. The van der Waals surface area contributed by atoms with Gasteiger partial charge in [-0.2, -0.15) is 0 Å². The third kappa shape index (κ3) is 4.18. The van der Waals surface area contributed by atoms with Gasteiger partial charge in [0.05, 0.1) is 10.9 Å². The first-order valence-corrected chi connectivity index (χ1v) is 9.15. The lowest BCUT2D eigenvalue weighted by atomic mass is 9.86. The molecule has 1 saturated carbocycles. The Balaban J connectivity index is 2.15. The SMILES string of the molecule is O=C(O)C1CCCC(NS(=O)(=O)c2ccc(Br)cc2Cl)C1. The fourth-order valence-electron chi connectivity index (χ4n) is 2.50. The standard InChI is InChI=1S/C13H15BrClNO4S/c14-9-4-5-12(11(15)7-9)21(19,20)16-10-3-1-2-8(6-10)13(17)18/h4-5,7-8,10,16H,1-3,6H2,(H,17,18). The number of hydrogen-bond donors (Lipinski definition) is 2. The van der Waals surface area contributed by atoms with E-state index in [1.165, 1.54) is 12.1 Å². The van der Waals surface area contributed by atoms with E-state index in [1.807, 2.05) is 0 Å². The number of halogens is 2. The summed E-state index contributed by atoms with van der Waals surface area (Å²) in [4.78, 5) is 11.0. The van der Waals surface area contributed by atoms with Crippen LogP contribution in [0.15, 0.2) is 27.6 Å². The molecule has 1 aromatic rings. The Kier molecular flexibility index (Phi) is 5.29. The van der Waals surface area contributed by atoms with Crippen LogP contribution < -0.4 is 4.72 Å². The van der Waals surface area contributed by atoms with Crippen LogP contribution in [0, 0.1) is 5.92 Å². The first-order valence-electron chi connectivity index (χ1n) is 6.50. The Morgan fingerprint density at radius 3 is 2.71 bits per heavy atom. The van der Waals surface area contributed by atoms with Crippen LogP contribution in [0.3, 0.4) is 0 Å². The van der Waals surface area contributed by atoms with Crippen LogP contribution in [-0.4, -0.2) is 25.5 Å². The maximum absolute atomic E-state index is 12.4. The average Bonchev–Trinajstić information content (AvgIpc) is 2.37. The number of aliphatic carboxylic acids is 1. The van der Waals surface area contributed by atoms with E-state index in [0.717, 1.165) is 0 Å². The van der Waals surface area contributed by atoms with Crippen molar-refractivity contribution in [3.8, 4) is 0 Å². The van der Waals surface area contributed by atoms with Crippen molar-refractivity contribution in [2.75, 3.05) is 0 Å². The minimum atomic E-state index is -3.75. The molecule has 21 heavy (non-hydrogen) atoms. The predicted octanol–water partition coefficient (Wildman–Crippen LogP) is 3.02. The molecule has 2 N–H and O–H groups in total. The highest BCUT2D eigenvalue weighted by Crippen LogP contribution is 2.28. The molecular formula is C13H15BrClNO4S. The van der Waals surface area contributed by atoms with Crippen molar-refractivity contribution in [1.82, 2.24) is 4.72 Å². The van der Waals surface area contributed by atoms with Gasteiger partial charge in [0.1, 0.15) is 4.90 Å². The zero-order chi connectivity index (χ0) is 15.6. The van der Waals surface area contributed by atoms with Gasteiger partial charge in [0.25, 0.3) is 0 Å². The van der Waals surface area contributed by atoms with E-state index >= 15 is 0 Å². The highest BCUT2D eigenvalue weighted by Gasteiger charge is 2.30. The number of carboxylic acid groups (broad SMARTS) is 1. The van der Waals surface area contributed by atoms with Crippen LogP contribution in [0.4, 0.5) is 0 Å². The summed E-state index contributed by atoms with van der Waals surface area (Å²) in [6.07, 6.45) is 2.23. The van der Waals surface area contributed by atoms with Crippen LogP contribution >= 0.6 is 27.5 Å². The fraction of sp³-hybridized carbons (Fsp3) is 0.462. The monoisotopic (exact) mass is 395 g/mol. The molecule has 1 aliphatic rings. The van der Waals surface area contributed by atoms with E-state index in [4.69, 9.17) is 16.7 Å². The molecule has 0 aliphatic heterocycles. The maximum atomic E-state index is 12.4. The van der Waals surface area contributed by atoms with Gasteiger partial charge in [0.2, 0.25) is 10.0 Å². The smallest absolute Gasteiger partial charge is 0.306 e. The highest BCUT2D eigenvalue weighted by molar-refractivity contribution is 9.10. The molecule has 1 fully saturated rings. The largest absolute Gasteiger partial charge is 0.481 e. The molecule has 5 nitrogen and oxygen atoms in total. The van der Waals surface area contributed by atoms with Gasteiger partial charge in [0, 0.05) is 10.5 Å². The molecule has 1 aliphatic carbocycles. The van der Waals surface area contributed by atoms with Crippen molar-refractivity contribution in [3.63, 3.8) is 0 Å². The Hall–Kier alpha value is -0.630. The Morgan fingerprint density at radius 1 is 1.38 bits per heavy atom. The number of carboxylic acids is 1. The third-order valence-electron chi connectivity index (χ3n) is 3.53. The van der Waals surface area contributed by atoms with Crippen LogP contribution in [0.2, 0.25) is 5.02 Å². The number of benzene rings is 1. The summed E-state index contributed by atoms with van der Waals surface area (Å²) < 4.78 is 28.0. The maximum Gasteiger partial charge on any atom is 0.306 e. The first kappa shape index (κ1) is 16.7. The van der Waals surface area contributed by atoms with Crippen molar-refractivity contribution >= 4 is 43.5 Å². The second kappa shape index (κ2) is 6.64. The second-order valence-corrected chi connectivity index (χ2v) is 8.10. The van der Waals surface area contributed by atoms with Crippen molar-refractivity contribution in [1.29, 1.82) is 0 Å². The molecule has 1 aromatic carbocycles. The predicted molar refractivity (Wildman–Crippen MR) is 82.9 cm³/mol. The summed E-state index contributed by atoms with van der Waals surface area (Å²) in [5.41, 5.74) is 0. The van der Waals surface area contributed by atoms with Gasteiger partial charge >= 0.3 is 5.97 Å². The molecule has 2 atom stereocenters. The molecule has 116 valence electrons. The van der Waals surface area contributed by atoms with Gasteiger partial charge in [0.15, 0.2) is 0 Å². The van der Waals surface area contributed by atoms with Gasteiger partial charge < -0.3 is 5.11 Å². The molecule has 0 heterocycles. The van der Waals surface area contributed by atoms with Gasteiger partial charge in [-0.1, -0.05) is 34.0 Å². The van der Waals surface area contributed by atoms with Crippen molar-refractivity contribution in [3.05, 3.63) is 27.7 Å². The van der Waals surface area contributed by atoms with Crippen LogP contribution in [0.1, 0.15) is 25.7 Å². The lowest BCUT2D eigenvalue weighted by Crippen LogP contribution is -2.39. The Labute approximate surface area is 136 Å². The highest BCUT2D eigenvalue weighted by atomic mass is 79.9. The summed E-state index contributed by atoms with van der Waals surface area (Å²) in [5, 5.41) is 9.17. The molecule has 8 heteroatoms. The third-order valence-corrected chi connectivity index (χ3v) is 6.03. The van der Waals surface area contributed by atoms with Crippen molar-refractivity contribution in [2.45, 2.75) is 36.6 Å². The summed E-state index contributed by atoms with van der Waals surface area (Å²) in [6.45, 7) is 0. The molecule has 0 saturated heterocycles. The normalized spacial score (nSPS) is 23.0. The summed E-state index contributed by atoms with van der Waals surface area (Å²) in [6, 6.07) is 4.16. The topological polar surface area (TPSA) is 83.5 Å². The first-order chi connectivity index (χ1) is 9.79. The zero-order valence-electron chi connectivity index (χ0n) is 11.1. The minimum absolute atomic E-state index is 0.00446. The molecule has 0 radical (unpaired) electrons. The number of hydrogen-bond acceptors (Lipinski definition) is 3. The Morgan fingerprint density at radius 2 is 2.10 bits per heavy atom. The van der Waals surface area contributed by atoms with E-state index in [9.17, 15) is 13.2 Å². The average molecular weight is 397 g/mol. The molecule has 0 amide bonds. The molecule has 2 rings (SSSR count). The zero-order valence-corrected chi connectivity index (χ0v) is 14.2. The Bertz CT molecular complexity index is 650. The van der Waals surface area contributed by atoms with Crippen molar-refractivity contribution < 1.29 is 18.3 Å². The van der Waals surface area contributed by atoms with Gasteiger partial charge in [-0.05, 0) is 37.5 Å². The van der Waals surface area contributed by atoms with E-state index in [1.54, 1.807) is 6.07 Å². The number of rotatable bonds is 4. The second-order valence-electron chi connectivity index (χ2n) is 5.09. The quantitative estimate of drug-likeness (QED) is 0.819. The summed E-state index contributed by atoms with van der Waals surface area (Å²) >= 11 is 9.19. The molecule has 0 aromatic heterocycles. The van der Waals surface area contributed by atoms with E-state index < -0.39 is 21.9 Å². The molecule has 0 bridgehead atoms. The fourth-order valence-corrected chi connectivity index (χ4v) is 4.82. The lowest BCUT2D eigenvalue weighted by Gasteiger charge is -2.27. The van der Waals surface area contributed by atoms with Gasteiger partial charge in [-0.3, -0.25) is 4.79 Å². The van der Waals surface area contributed by atoms with E-state index in [0.29, 0.717) is 30.2 Å². The summed E-state index contributed by atoms with van der Waals surface area (Å²) in [5.74, 6) is -1.37. The molecular weight excluding hydrogens is 382 g/mol. The van der Waals surface area contributed by atoms with Crippen LogP contribution in [-0.2, 0) is 14.8 Å². The summed E-state index contributed by atoms with van der Waals surface area (Å²) in [7, 11) is -3.75. The lowest BCUT2D eigenvalue weighted by molar-refractivity contribution is -0.143. The van der Waals surface area contributed by atoms with Crippen molar-refractivity contribution in [2.24, 2.45) is 5.92 Å². The van der Waals surface area contributed by atoms with Crippen LogP contribution in [0.25, 0.3) is 0 Å².